The van der Waals surface area contributed by atoms with E-state index in [-0.39, 0.29) is 18.1 Å². The van der Waals surface area contributed by atoms with E-state index in [0.29, 0.717) is 11.4 Å². The molecule has 3 rings (SSSR count). The van der Waals surface area contributed by atoms with Gasteiger partial charge in [0, 0.05) is 0 Å². The molecule has 0 atom stereocenters. The fourth-order valence-corrected chi connectivity index (χ4v) is 2.30. The number of ether oxygens (including phenoxy) is 1. The van der Waals surface area contributed by atoms with Crippen LogP contribution in [0.5, 0.6) is 0 Å². The Balaban J connectivity index is 2.05. The zero-order chi connectivity index (χ0) is 17.6. The molecule has 1 heterocycles. The number of rotatable bonds is 5. The Morgan fingerprint density at radius 3 is 2.52 bits per heavy atom. The Morgan fingerprint density at radius 1 is 1.12 bits per heavy atom. The summed E-state index contributed by atoms with van der Waals surface area (Å²) in [5.41, 5.74) is 2.13. The second-order valence-corrected chi connectivity index (χ2v) is 5.18. The number of halogens is 1. The second kappa shape index (κ2) is 7.53. The first-order valence-corrected chi connectivity index (χ1v) is 7.81. The number of hydrogen-bond acceptors (Lipinski definition) is 4. The predicted octanol–water partition coefficient (Wildman–Crippen LogP) is 3.75. The van der Waals surface area contributed by atoms with Gasteiger partial charge in [-0.3, -0.25) is 0 Å². The summed E-state index contributed by atoms with van der Waals surface area (Å²) >= 11 is 0. The van der Waals surface area contributed by atoms with E-state index in [9.17, 15) is 9.18 Å². The molecule has 25 heavy (non-hydrogen) atoms. The molecule has 6 heteroatoms. The number of carbonyl (C=O) groups is 1. The van der Waals surface area contributed by atoms with Crippen molar-refractivity contribution >= 4 is 18.1 Å². The smallest absolute Gasteiger partial charge is 0.361 e. The summed E-state index contributed by atoms with van der Waals surface area (Å²) in [5.74, 6) is -0.903. The van der Waals surface area contributed by atoms with Crippen molar-refractivity contribution in [1.29, 1.82) is 0 Å². The van der Waals surface area contributed by atoms with E-state index < -0.39 is 5.97 Å². The van der Waals surface area contributed by atoms with Gasteiger partial charge in [0.05, 0.1) is 12.3 Å². The van der Waals surface area contributed by atoms with Crippen LogP contribution in [0.25, 0.3) is 17.8 Å². The van der Waals surface area contributed by atoms with Crippen molar-refractivity contribution in [2.24, 2.45) is 0 Å². The molecule has 0 amide bonds. The molecule has 0 spiro atoms. The van der Waals surface area contributed by atoms with E-state index in [1.165, 1.54) is 16.8 Å². The van der Waals surface area contributed by atoms with Crippen LogP contribution in [0.15, 0.2) is 54.6 Å². The second-order valence-electron chi connectivity index (χ2n) is 5.18. The summed E-state index contributed by atoms with van der Waals surface area (Å²) in [6.07, 6.45) is 3.59. The Bertz CT molecular complexity index is 887. The third-order valence-electron chi connectivity index (χ3n) is 3.48. The lowest BCUT2D eigenvalue weighted by Gasteiger charge is -2.05. The molecule has 0 aliphatic carbocycles. The number of nitrogens with zero attached hydrogens (tertiary/aromatic N) is 3. The first kappa shape index (κ1) is 16.6. The fraction of sp³-hybridized carbons (Fsp3) is 0.105. The highest BCUT2D eigenvalue weighted by atomic mass is 19.1. The summed E-state index contributed by atoms with van der Waals surface area (Å²) in [6, 6.07) is 15.4. The standard InChI is InChI=1S/C19H16FN3O2/c1-2-25-19(24)18-17(13-8-14-6-4-3-5-7-14)23(22-21-18)16-11-9-15(20)10-12-16/h3-13H,2H2,1H3/b13-8+. The van der Waals surface area contributed by atoms with Gasteiger partial charge >= 0.3 is 5.97 Å². The van der Waals surface area contributed by atoms with Gasteiger partial charge in [-0.05, 0) is 42.8 Å². The van der Waals surface area contributed by atoms with E-state index >= 15 is 0 Å². The SMILES string of the molecule is CCOC(=O)c1nnn(-c2ccc(F)cc2)c1/C=C/c1ccccc1. The maximum atomic E-state index is 13.2. The maximum absolute atomic E-state index is 13.2. The third-order valence-corrected chi connectivity index (χ3v) is 3.48. The van der Waals surface area contributed by atoms with Gasteiger partial charge in [-0.2, -0.15) is 0 Å². The minimum atomic E-state index is -0.552. The van der Waals surface area contributed by atoms with Crippen LogP contribution in [-0.4, -0.2) is 27.6 Å². The Hall–Kier alpha value is -3.28. The number of esters is 1. The molecule has 0 saturated heterocycles. The lowest BCUT2D eigenvalue weighted by atomic mass is 10.2. The molecular formula is C19H16FN3O2. The van der Waals surface area contributed by atoms with Crippen molar-refractivity contribution in [3.8, 4) is 5.69 Å². The summed E-state index contributed by atoms with van der Waals surface area (Å²) in [7, 11) is 0. The molecule has 126 valence electrons. The van der Waals surface area contributed by atoms with Crippen LogP contribution < -0.4 is 0 Å². The molecule has 0 radical (unpaired) electrons. The largest absolute Gasteiger partial charge is 0.461 e. The highest BCUT2D eigenvalue weighted by molar-refractivity contribution is 5.92. The lowest BCUT2D eigenvalue weighted by Crippen LogP contribution is -2.08. The Morgan fingerprint density at radius 2 is 1.84 bits per heavy atom. The van der Waals surface area contributed by atoms with Crippen molar-refractivity contribution < 1.29 is 13.9 Å². The van der Waals surface area contributed by atoms with Crippen LogP contribution in [0.4, 0.5) is 4.39 Å². The monoisotopic (exact) mass is 337 g/mol. The van der Waals surface area contributed by atoms with Crippen LogP contribution in [0.3, 0.4) is 0 Å². The Kier molecular flexibility index (Phi) is 4.99. The summed E-state index contributed by atoms with van der Waals surface area (Å²) in [6.45, 7) is 1.96. The molecule has 0 saturated carbocycles. The van der Waals surface area contributed by atoms with Crippen molar-refractivity contribution in [3.05, 3.63) is 77.4 Å². The molecule has 0 N–H and O–H groups in total. The summed E-state index contributed by atoms with van der Waals surface area (Å²) in [5, 5.41) is 7.96. The average Bonchev–Trinajstić information content (AvgIpc) is 3.06. The molecule has 2 aromatic carbocycles. The van der Waals surface area contributed by atoms with Gasteiger partial charge in [0.2, 0.25) is 0 Å². The van der Waals surface area contributed by atoms with Gasteiger partial charge in [0.25, 0.3) is 0 Å². The zero-order valence-electron chi connectivity index (χ0n) is 13.6. The normalized spacial score (nSPS) is 11.0. The summed E-state index contributed by atoms with van der Waals surface area (Å²) < 4.78 is 19.7. The van der Waals surface area contributed by atoms with Crippen LogP contribution in [0, 0.1) is 5.82 Å². The van der Waals surface area contributed by atoms with Crippen molar-refractivity contribution in [2.75, 3.05) is 6.61 Å². The molecule has 0 aliphatic rings. The number of aromatic nitrogens is 3. The van der Waals surface area contributed by atoms with Gasteiger partial charge < -0.3 is 4.74 Å². The van der Waals surface area contributed by atoms with Crippen molar-refractivity contribution in [2.45, 2.75) is 6.92 Å². The average molecular weight is 337 g/mol. The number of benzene rings is 2. The van der Waals surface area contributed by atoms with Crippen molar-refractivity contribution in [3.63, 3.8) is 0 Å². The quantitative estimate of drug-likeness (QED) is 0.665. The van der Waals surface area contributed by atoms with Gasteiger partial charge in [-0.1, -0.05) is 41.6 Å². The summed E-state index contributed by atoms with van der Waals surface area (Å²) in [4.78, 5) is 12.1. The minimum Gasteiger partial charge on any atom is -0.461 e. The van der Waals surface area contributed by atoms with E-state index in [1.807, 2.05) is 36.4 Å². The van der Waals surface area contributed by atoms with Crippen LogP contribution in [0.1, 0.15) is 28.7 Å². The molecule has 0 fully saturated rings. The number of hydrogen-bond donors (Lipinski definition) is 0. The molecular weight excluding hydrogens is 321 g/mol. The van der Waals surface area contributed by atoms with E-state index in [1.54, 1.807) is 25.1 Å². The number of carbonyl (C=O) groups excluding carboxylic acids is 1. The third kappa shape index (κ3) is 3.80. The Labute approximate surface area is 144 Å². The fourth-order valence-electron chi connectivity index (χ4n) is 2.30. The molecule has 3 aromatic rings. The predicted molar refractivity (Wildman–Crippen MR) is 92.6 cm³/mol. The van der Waals surface area contributed by atoms with Crippen molar-refractivity contribution in [1.82, 2.24) is 15.0 Å². The molecule has 5 nitrogen and oxygen atoms in total. The van der Waals surface area contributed by atoms with Gasteiger partial charge in [0.15, 0.2) is 5.69 Å². The van der Waals surface area contributed by atoms with E-state index in [0.717, 1.165) is 5.56 Å². The highest BCUT2D eigenvalue weighted by Gasteiger charge is 2.20. The minimum absolute atomic E-state index is 0.110. The van der Waals surface area contributed by atoms with Crippen LogP contribution in [0.2, 0.25) is 0 Å². The van der Waals surface area contributed by atoms with Crippen LogP contribution >= 0.6 is 0 Å². The topological polar surface area (TPSA) is 57.0 Å². The maximum Gasteiger partial charge on any atom is 0.361 e. The zero-order valence-corrected chi connectivity index (χ0v) is 13.6. The molecule has 0 aliphatic heterocycles. The van der Waals surface area contributed by atoms with E-state index in [4.69, 9.17) is 4.74 Å². The first-order valence-electron chi connectivity index (χ1n) is 7.81. The van der Waals surface area contributed by atoms with Gasteiger partial charge in [-0.25, -0.2) is 13.9 Å². The molecule has 0 bridgehead atoms. The van der Waals surface area contributed by atoms with Gasteiger partial charge in [-0.15, -0.1) is 5.10 Å². The molecule has 0 unspecified atom stereocenters. The molecule has 1 aromatic heterocycles. The lowest BCUT2D eigenvalue weighted by molar-refractivity contribution is 0.0519. The van der Waals surface area contributed by atoms with Crippen LogP contribution in [-0.2, 0) is 4.74 Å². The van der Waals surface area contributed by atoms with E-state index in [2.05, 4.69) is 10.3 Å². The highest BCUT2D eigenvalue weighted by Crippen LogP contribution is 2.17. The first-order chi connectivity index (χ1) is 12.2. The van der Waals surface area contributed by atoms with Gasteiger partial charge in [0.1, 0.15) is 11.5 Å².